The number of rotatable bonds is 3. The Morgan fingerprint density at radius 1 is 1.60 bits per heavy atom. The van der Waals surface area contributed by atoms with Crippen molar-refractivity contribution in [3.8, 4) is 5.75 Å². The van der Waals surface area contributed by atoms with Gasteiger partial charge in [-0.15, -0.1) is 0 Å². The highest BCUT2D eigenvalue weighted by Gasteiger charge is 2.23. The van der Waals surface area contributed by atoms with E-state index in [0.29, 0.717) is 19.3 Å². The second kappa shape index (κ2) is 4.01. The molecule has 0 N–H and O–H groups in total. The number of hydrogen-bond donors (Lipinski definition) is 0. The number of ketones is 1. The molecule has 0 radical (unpaired) electrons. The second-order valence-corrected chi connectivity index (χ2v) is 3.94. The Bertz CT molecular complexity index is 387. The number of fused-ring (bicyclic) bond motifs is 1. The Hall–Kier alpha value is -1.38. The van der Waals surface area contributed by atoms with Gasteiger partial charge in [0.15, 0.2) is 0 Å². The molecule has 0 aliphatic carbocycles. The summed E-state index contributed by atoms with van der Waals surface area (Å²) in [6.45, 7) is 1.57. The summed E-state index contributed by atoms with van der Waals surface area (Å²) in [5.74, 6) is 0.690. The fraction of sp³-hybridized carbons (Fsp3) is 0.417. The van der Waals surface area contributed by atoms with Gasteiger partial charge in [-0.1, -0.05) is 0 Å². The van der Waals surface area contributed by atoms with Gasteiger partial charge in [0, 0.05) is 18.4 Å². The summed E-state index contributed by atoms with van der Waals surface area (Å²) in [6.07, 6.45) is 1.98. The van der Waals surface area contributed by atoms with Crippen LogP contribution in [-0.4, -0.2) is 11.9 Å². The Labute approximate surface area is 88.1 Å². The molecule has 1 heterocycles. The zero-order valence-corrected chi connectivity index (χ0v) is 8.63. The highest BCUT2D eigenvalue weighted by molar-refractivity contribution is 5.75. The van der Waals surface area contributed by atoms with Crippen LogP contribution < -0.4 is 4.74 Å². The molecular formula is C12H13FO2. The van der Waals surface area contributed by atoms with Crippen LogP contribution in [0.4, 0.5) is 4.39 Å². The van der Waals surface area contributed by atoms with Crippen molar-refractivity contribution in [3.63, 3.8) is 0 Å². The molecule has 1 aromatic carbocycles. The number of carbonyl (C=O) groups excluding carboxylic acids is 1. The minimum atomic E-state index is -0.232. The van der Waals surface area contributed by atoms with Gasteiger partial charge < -0.3 is 9.53 Å². The predicted molar refractivity (Wildman–Crippen MR) is 54.4 cm³/mol. The standard InChI is InChI=1S/C12H13FO2/c1-8(14)2-4-11-7-9-6-10(13)3-5-12(9)15-11/h3,5-6,11H,2,4,7H2,1H3. The maximum absolute atomic E-state index is 12.9. The highest BCUT2D eigenvalue weighted by Crippen LogP contribution is 2.30. The van der Waals surface area contributed by atoms with Crippen molar-refractivity contribution in [2.24, 2.45) is 0 Å². The van der Waals surface area contributed by atoms with Gasteiger partial charge in [0.1, 0.15) is 23.5 Å². The van der Waals surface area contributed by atoms with Crippen molar-refractivity contribution in [2.75, 3.05) is 0 Å². The topological polar surface area (TPSA) is 26.3 Å². The highest BCUT2D eigenvalue weighted by atomic mass is 19.1. The summed E-state index contributed by atoms with van der Waals surface area (Å²) >= 11 is 0. The zero-order chi connectivity index (χ0) is 10.8. The lowest BCUT2D eigenvalue weighted by molar-refractivity contribution is -0.117. The minimum Gasteiger partial charge on any atom is -0.490 e. The molecular weight excluding hydrogens is 195 g/mol. The lowest BCUT2D eigenvalue weighted by Gasteiger charge is -2.08. The van der Waals surface area contributed by atoms with E-state index in [-0.39, 0.29) is 17.7 Å². The molecule has 1 aromatic rings. The van der Waals surface area contributed by atoms with Crippen LogP contribution in [0, 0.1) is 5.82 Å². The zero-order valence-electron chi connectivity index (χ0n) is 8.63. The number of hydrogen-bond acceptors (Lipinski definition) is 2. The van der Waals surface area contributed by atoms with Crippen molar-refractivity contribution in [3.05, 3.63) is 29.6 Å². The second-order valence-electron chi connectivity index (χ2n) is 3.94. The average Bonchev–Trinajstić information content (AvgIpc) is 2.56. The molecule has 3 heteroatoms. The number of benzene rings is 1. The molecule has 0 aromatic heterocycles. The first-order valence-electron chi connectivity index (χ1n) is 5.09. The van der Waals surface area contributed by atoms with Gasteiger partial charge in [0.05, 0.1) is 0 Å². The SMILES string of the molecule is CC(=O)CCC1Cc2cc(F)ccc2O1. The first-order chi connectivity index (χ1) is 7.15. The van der Waals surface area contributed by atoms with Gasteiger partial charge in [-0.3, -0.25) is 0 Å². The van der Waals surface area contributed by atoms with Crippen LogP contribution in [0.15, 0.2) is 18.2 Å². The van der Waals surface area contributed by atoms with Crippen molar-refractivity contribution in [1.82, 2.24) is 0 Å². The molecule has 1 aliphatic rings. The fourth-order valence-corrected chi connectivity index (χ4v) is 1.81. The monoisotopic (exact) mass is 208 g/mol. The first kappa shape index (κ1) is 10.1. The third kappa shape index (κ3) is 2.35. The number of halogens is 1. The van der Waals surface area contributed by atoms with Crippen molar-refractivity contribution >= 4 is 5.78 Å². The summed E-state index contributed by atoms with van der Waals surface area (Å²) in [6, 6.07) is 4.55. The van der Waals surface area contributed by atoms with Gasteiger partial charge in [-0.05, 0) is 31.5 Å². The molecule has 0 bridgehead atoms. The Morgan fingerprint density at radius 3 is 3.13 bits per heavy atom. The quantitative estimate of drug-likeness (QED) is 0.762. The number of Topliss-reactive ketones (excluding diaryl/α,β-unsaturated/α-hetero) is 1. The van der Waals surface area contributed by atoms with E-state index in [1.165, 1.54) is 12.1 Å². The van der Waals surface area contributed by atoms with E-state index in [1.807, 2.05) is 0 Å². The first-order valence-corrected chi connectivity index (χ1v) is 5.09. The van der Waals surface area contributed by atoms with Crippen molar-refractivity contribution in [1.29, 1.82) is 0 Å². The van der Waals surface area contributed by atoms with Crippen LogP contribution in [-0.2, 0) is 11.2 Å². The van der Waals surface area contributed by atoms with E-state index >= 15 is 0 Å². The van der Waals surface area contributed by atoms with E-state index in [0.717, 1.165) is 11.3 Å². The maximum atomic E-state index is 12.9. The summed E-state index contributed by atoms with van der Waals surface area (Å²) in [7, 11) is 0. The Kier molecular flexibility index (Phi) is 2.71. The molecule has 1 aliphatic heterocycles. The number of ether oxygens (including phenoxy) is 1. The molecule has 0 spiro atoms. The van der Waals surface area contributed by atoms with E-state index in [4.69, 9.17) is 4.74 Å². The fourth-order valence-electron chi connectivity index (χ4n) is 1.81. The molecule has 0 fully saturated rings. The molecule has 2 nitrogen and oxygen atoms in total. The summed E-state index contributed by atoms with van der Waals surface area (Å²) in [5, 5.41) is 0. The van der Waals surface area contributed by atoms with E-state index in [9.17, 15) is 9.18 Å². The van der Waals surface area contributed by atoms with Crippen LogP contribution >= 0.6 is 0 Å². The number of carbonyl (C=O) groups is 1. The smallest absolute Gasteiger partial charge is 0.129 e. The maximum Gasteiger partial charge on any atom is 0.129 e. The summed E-state index contributed by atoms with van der Waals surface area (Å²) in [4.78, 5) is 10.8. The summed E-state index contributed by atoms with van der Waals surface area (Å²) < 4.78 is 18.5. The minimum absolute atomic E-state index is 0.0331. The largest absolute Gasteiger partial charge is 0.490 e. The van der Waals surface area contributed by atoms with Crippen LogP contribution in [0.1, 0.15) is 25.3 Å². The van der Waals surface area contributed by atoms with Crippen molar-refractivity contribution in [2.45, 2.75) is 32.3 Å². The van der Waals surface area contributed by atoms with Gasteiger partial charge >= 0.3 is 0 Å². The molecule has 15 heavy (non-hydrogen) atoms. The molecule has 1 unspecified atom stereocenters. The predicted octanol–water partition coefficient (Wildman–Crippen LogP) is 2.50. The summed E-state index contributed by atoms with van der Waals surface area (Å²) in [5.41, 5.74) is 0.906. The molecule has 0 amide bonds. The Balaban J connectivity index is 2.00. The van der Waals surface area contributed by atoms with Crippen LogP contribution in [0.2, 0.25) is 0 Å². The van der Waals surface area contributed by atoms with Gasteiger partial charge in [0.25, 0.3) is 0 Å². The molecule has 2 rings (SSSR count). The van der Waals surface area contributed by atoms with E-state index < -0.39 is 0 Å². The normalized spacial score (nSPS) is 18.4. The van der Waals surface area contributed by atoms with Crippen LogP contribution in [0.25, 0.3) is 0 Å². The Morgan fingerprint density at radius 2 is 2.40 bits per heavy atom. The molecule has 80 valence electrons. The van der Waals surface area contributed by atoms with Crippen molar-refractivity contribution < 1.29 is 13.9 Å². The third-order valence-corrected chi connectivity index (χ3v) is 2.58. The van der Waals surface area contributed by atoms with Crippen LogP contribution in [0.3, 0.4) is 0 Å². The average molecular weight is 208 g/mol. The van der Waals surface area contributed by atoms with Gasteiger partial charge in [-0.25, -0.2) is 4.39 Å². The van der Waals surface area contributed by atoms with E-state index in [2.05, 4.69) is 0 Å². The van der Waals surface area contributed by atoms with Gasteiger partial charge in [0.2, 0.25) is 0 Å². The van der Waals surface area contributed by atoms with Crippen LogP contribution in [0.5, 0.6) is 5.75 Å². The molecule has 0 saturated heterocycles. The third-order valence-electron chi connectivity index (χ3n) is 2.58. The lowest BCUT2D eigenvalue weighted by atomic mass is 10.1. The lowest BCUT2D eigenvalue weighted by Crippen LogP contribution is -2.13. The molecule has 0 saturated carbocycles. The van der Waals surface area contributed by atoms with Gasteiger partial charge in [-0.2, -0.15) is 0 Å². The van der Waals surface area contributed by atoms with E-state index in [1.54, 1.807) is 13.0 Å². The molecule has 1 atom stereocenters.